The Morgan fingerprint density at radius 1 is 1.39 bits per heavy atom. The van der Waals surface area contributed by atoms with Gasteiger partial charge in [-0.3, -0.25) is 0 Å². The third-order valence-corrected chi connectivity index (χ3v) is 3.63. The summed E-state index contributed by atoms with van der Waals surface area (Å²) < 4.78 is 5.18. The fourth-order valence-electron chi connectivity index (χ4n) is 2.13. The summed E-state index contributed by atoms with van der Waals surface area (Å²) in [6, 6.07) is 8.17. The minimum absolute atomic E-state index is 0.212. The average molecular weight is 248 g/mol. The van der Waals surface area contributed by atoms with Crippen molar-refractivity contribution < 1.29 is 4.74 Å². The molecule has 0 aromatic heterocycles. The van der Waals surface area contributed by atoms with E-state index in [1.165, 1.54) is 0 Å². The van der Waals surface area contributed by atoms with Gasteiger partial charge in [0.15, 0.2) is 0 Å². The highest BCUT2D eigenvalue weighted by atomic mass is 16.5. The molecule has 0 amide bonds. The minimum Gasteiger partial charge on any atom is -0.497 e. The Kier molecular flexibility index (Phi) is 4.93. The molecular weight excluding hydrogens is 224 g/mol. The van der Waals surface area contributed by atoms with Gasteiger partial charge in [-0.25, -0.2) is 0 Å². The van der Waals surface area contributed by atoms with Crippen LogP contribution in [0.3, 0.4) is 0 Å². The van der Waals surface area contributed by atoms with E-state index in [0.717, 1.165) is 17.7 Å². The van der Waals surface area contributed by atoms with Crippen LogP contribution in [0, 0.1) is 0 Å². The standard InChI is InChI=1S/C15H24N2O/c1-6-11-15(16,12(2)17(3)4)13-7-9-14(18-5)10-8-13/h6-10,12H,1,11,16H2,2-5H3. The van der Waals surface area contributed by atoms with Crippen LogP contribution in [0.5, 0.6) is 5.75 Å². The van der Waals surface area contributed by atoms with Crippen LogP contribution in [0.15, 0.2) is 36.9 Å². The van der Waals surface area contributed by atoms with Crippen molar-refractivity contribution in [1.29, 1.82) is 0 Å². The van der Waals surface area contributed by atoms with E-state index in [9.17, 15) is 0 Å². The second-order valence-corrected chi connectivity index (χ2v) is 4.90. The molecule has 0 saturated carbocycles. The summed E-state index contributed by atoms with van der Waals surface area (Å²) in [5.41, 5.74) is 7.28. The average Bonchev–Trinajstić information content (AvgIpc) is 2.38. The predicted octanol–water partition coefficient (Wildman–Crippen LogP) is 2.38. The summed E-state index contributed by atoms with van der Waals surface area (Å²) >= 11 is 0. The maximum absolute atomic E-state index is 6.61. The summed E-state index contributed by atoms with van der Waals surface area (Å²) in [5.74, 6) is 0.845. The summed E-state index contributed by atoms with van der Waals surface area (Å²) in [6.07, 6.45) is 2.61. The lowest BCUT2D eigenvalue weighted by molar-refractivity contribution is 0.193. The van der Waals surface area contributed by atoms with Gasteiger partial charge >= 0.3 is 0 Å². The van der Waals surface area contributed by atoms with Crippen molar-refractivity contribution in [2.24, 2.45) is 5.73 Å². The quantitative estimate of drug-likeness (QED) is 0.786. The van der Waals surface area contributed by atoms with Gasteiger partial charge in [-0.05, 0) is 45.1 Å². The maximum Gasteiger partial charge on any atom is 0.118 e. The smallest absolute Gasteiger partial charge is 0.118 e. The second kappa shape index (κ2) is 6.03. The van der Waals surface area contributed by atoms with E-state index < -0.39 is 5.54 Å². The van der Waals surface area contributed by atoms with Crippen LogP contribution in [-0.2, 0) is 5.54 Å². The number of ether oxygens (including phenoxy) is 1. The fourth-order valence-corrected chi connectivity index (χ4v) is 2.13. The lowest BCUT2D eigenvalue weighted by Gasteiger charge is -2.39. The molecule has 1 aromatic rings. The molecule has 2 unspecified atom stereocenters. The number of likely N-dealkylation sites (N-methyl/N-ethyl adjacent to an activating group) is 1. The molecule has 0 heterocycles. The number of hydrogen-bond acceptors (Lipinski definition) is 3. The van der Waals surface area contributed by atoms with Crippen molar-refractivity contribution in [3.63, 3.8) is 0 Å². The van der Waals surface area contributed by atoms with Crippen LogP contribution in [0.1, 0.15) is 18.9 Å². The van der Waals surface area contributed by atoms with E-state index in [0.29, 0.717) is 0 Å². The molecule has 0 aliphatic heterocycles. The summed E-state index contributed by atoms with van der Waals surface area (Å²) in [7, 11) is 5.74. The normalized spacial score (nSPS) is 16.1. The molecule has 0 spiro atoms. The highest BCUT2D eigenvalue weighted by Gasteiger charge is 2.33. The van der Waals surface area contributed by atoms with Crippen LogP contribution < -0.4 is 10.5 Å². The molecule has 3 nitrogen and oxygen atoms in total. The van der Waals surface area contributed by atoms with Crippen molar-refractivity contribution in [3.8, 4) is 5.75 Å². The van der Waals surface area contributed by atoms with Crippen LogP contribution in [0.4, 0.5) is 0 Å². The molecule has 0 aliphatic rings. The van der Waals surface area contributed by atoms with Gasteiger partial charge in [-0.1, -0.05) is 18.2 Å². The number of benzene rings is 1. The Morgan fingerprint density at radius 2 is 1.94 bits per heavy atom. The number of methoxy groups -OCH3 is 1. The van der Waals surface area contributed by atoms with Gasteiger partial charge in [0, 0.05) is 6.04 Å². The molecule has 0 radical (unpaired) electrons. The third kappa shape index (κ3) is 2.92. The molecule has 0 saturated heterocycles. The predicted molar refractivity (Wildman–Crippen MR) is 76.8 cm³/mol. The van der Waals surface area contributed by atoms with Gasteiger partial charge < -0.3 is 15.4 Å². The van der Waals surface area contributed by atoms with Gasteiger partial charge in [-0.15, -0.1) is 6.58 Å². The zero-order chi connectivity index (χ0) is 13.8. The number of rotatable bonds is 6. The van der Waals surface area contributed by atoms with Gasteiger partial charge in [0.25, 0.3) is 0 Å². The molecule has 3 heteroatoms. The highest BCUT2D eigenvalue weighted by molar-refractivity contribution is 5.33. The molecule has 0 aliphatic carbocycles. The molecule has 2 N–H and O–H groups in total. The topological polar surface area (TPSA) is 38.5 Å². The summed E-state index contributed by atoms with van der Waals surface area (Å²) in [5, 5.41) is 0. The Labute approximate surface area is 110 Å². The van der Waals surface area contributed by atoms with E-state index in [4.69, 9.17) is 10.5 Å². The molecule has 1 aromatic carbocycles. The number of hydrogen-bond donors (Lipinski definition) is 1. The van der Waals surface area contributed by atoms with Crippen LogP contribution in [-0.4, -0.2) is 32.1 Å². The van der Waals surface area contributed by atoms with Gasteiger partial charge in [-0.2, -0.15) is 0 Å². The number of nitrogens with zero attached hydrogens (tertiary/aromatic N) is 1. The molecular formula is C15H24N2O. The number of nitrogens with two attached hydrogens (primary N) is 1. The van der Waals surface area contributed by atoms with Crippen LogP contribution in [0.2, 0.25) is 0 Å². The second-order valence-electron chi connectivity index (χ2n) is 4.90. The Bertz CT molecular complexity index is 386. The van der Waals surface area contributed by atoms with Crippen molar-refractivity contribution in [3.05, 3.63) is 42.5 Å². The SMILES string of the molecule is C=CCC(N)(c1ccc(OC)cc1)C(C)N(C)C. The van der Waals surface area contributed by atoms with E-state index >= 15 is 0 Å². The third-order valence-electron chi connectivity index (χ3n) is 3.63. The van der Waals surface area contributed by atoms with Crippen molar-refractivity contribution in [2.75, 3.05) is 21.2 Å². The van der Waals surface area contributed by atoms with Crippen LogP contribution >= 0.6 is 0 Å². The molecule has 18 heavy (non-hydrogen) atoms. The molecule has 0 fully saturated rings. The van der Waals surface area contributed by atoms with E-state index in [2.05, 4.69) is 18.4 Å². The van der Waals surface area contributed by atoms with E-state index in [1.807, 2.05) is 44.4 Å². The zero-order valence-electron chi connectivity index (χ0n) is 11.8. The van der Waals surface area contributed by atoms with E-state index in [1.54, 1.807) is 7.11 Å². The van der Waals surface area contributed by atoms with Crippen molar-refractivity contribution >= 4 is 0 Å². The van der Waals surface area contributed by atoms with Crippen LogP contribution in [0.25, 0.3) is 0 Å². The monoisotopic (exact) mass is 248 g/mol. The first-order chi connectivity index (χ1) is 8.45. The zero-order valence-corrected chi connectivity index (χ0v) is 11.8. The van der Waals surface area contributed by atoms with Gasteiger partial charge in [0.05, 0.1) is 12.6 Å². The molecule has 2 atom stereocenters. The fraction of sp³-hybridized carbons (Fsp3) is 0.467. The minimum atomic E-state index is -0.433. The Hall–Kier alpha value is -1.32. The first-order valence-electron chi connectivity index (χ1n) is 6.16. The highest BCUT2D eigenvalue weighted by Crippen LogP contribution is 2.30. The van der Waals surface area contributed by atoms with Gasteiger partial charge in [0.2, 0.25) is 0 Å². The molecule has 1 rings (SSSR count). The Morgan fingerprint density at radius 3 is 2.33 bits per heavy atom. The van der Waals surface area contributed by atoms with Crippen molar-refractivity contribution in [2.45, 2.75) is 24.9 Å². The lowest BCUT2D eigenvalue weighted by atomic mass is 9.81. The first-order valence-corrected chi connectivity index (χ1v) is 6.16. The maximum atomic E-state index is 6.61. The van der Waals surface area contributed by atoms with Gasteiger partial charge in [0.1, 0.15) is 5.75 Å². The first kappa shape index (κ1) is 14.7. The largest absolute Gasteiger partial charge is 0.497 e. The molecule has 0 bridgehead atoms. The Balaban J connectivity index is 3.12. The summed E-state index contributed by atoms with van der Waals surface area (Å²) in [6.45, 7) is 5.96. The molecule has 100 valence electrons. The summed E-state index contributed by atoms with van der Waals surface area (Å²) in [4.78, 5) is 2.13. The van der Waals surface area contributed by atoms with E-state index in [-0.39, 0.29) is 6.04 Å². The van der Waals surface area contributed by atoms with Crippen molar-refractivity contribution in [1.82, 2.24) is 4.90 Å². The lowest BCUT2D eigenvalue weighted by Crippen LogP contribution is -2.52.